The lowest BCUT2D eigenvalue weighted by Crippen LogP contribution is -2.45. The van der Waals surface area contributed by atoms with E-state index in [4.69, 9.17) is 4.74 Å². The fourth-order valence-corrected chi connectivity index (χ4v) is 2.37. The van der Waals surface area contributed by atoms with Crippen LogP contribution in [0.2, 0.25) is 0 Å². The van der Waals surface area contributed by atoms with Crippen LogP contribution in [0.25, 0.3) is 5.65 Å². The molecule has 96 valence electrons. The summed E-state index contributed by atoms with van der Waals surface area (Å²) in [4.78, 5) is 0. The first-order valence-electron chi connectivity index (χ1n) is 6.41. The Bertz CT molecular complexity index is 518. The second-order valence-corrected chi connectivity index (χ2v) is 4.78. The van der Waals surface area contributed by atoms with Crippen molar-refractivity contribution in [1.29, 1.82) is 0 Å². The minimum atomic E-state index is 0.455. The van der Waals surface area contributed by atoms with Crippen LogP contribution in [0.15, 0.2) is 24.4 Å². The van der Waals surface area contributed by atoms with Gasteiger partial charge in [0.2, 0.25) is 0 Å². The first-order chi connectivity index (χ1) is 8.86. The number of fused-ring (bicyclic) bond motifs is 1. The van der Waals surface area contributed by atoms with Crippen LogP contribution in [-0.4, -0.2) is 40.4 Å². The summed E-state index contributed by atoms with van der Waals surface area (Å²) in [7, 11) is 1.78. The van der Waals surface area contributed by atoms with Gasteiger partial charge in [0, 0.05) is 32.3 Å². The van der Waals surface area contributed by atoms with Crippen molar-refractivity contribution in [3.05, 3.63) is 30.2 Å². The highest BCUT2D eigenvalue weighted by atomic mass is 16.5. The van der Waals surface area contributed by atoms with Crippen LogP contribution < -0.4 is 5.32 Å². The lowest BCUT2D eigenvalue weighted by molar-refractivity contribution is 0.0177. The van der Waals surface area contributed by atoms with E-state index >= 15 is 0 Å². The monoisotopic (exact) mass is 246 g/mol. The summed E-state index contributed by atoms with van der Waals surface area (Å²) in [6.07, 6.45) is 5.61. The van der Waals surface area contributed by atoms with Gasteiger partial charge in [0.15, 0.2) is 5.65 Å². The number of nitrogens with zero attached hydrogens (tertiary/aromatic N) is 3. The normalized spacial score (nSPS) is 23.2. The van der Waals surface area contributed by atoms with Gasteiger partial charge < -0.3 is 10.1 Å². The molecule has 0 spiro atoms. The molecule has 0 radical (unpaired) electrons. The summed E-state index contributed by atoms with van der Waals surface area (Å²) in [6, 6.07) is 6.56. The van der Waals surface area contributed by atoms with Crippen molar-refractivity contribution in [2.45, 2.75) is 31.4 Å². The summed E-state index contributed by atoms with van der Waals surface area (Å²) in [5.41, 5.74) is 0.913. The average Bonchev–Trinajstić information content (AvgIpc) is 2.76. The Morgan fingerprint density at radius 3 is 3.11 bits per heavy atom. The van der Waals surface area contributed by atoms with Crippen LogP contribution >= 0.6 is 0 Å². The highest BCUT2D eigenvalue weighted by Crippen LogP contribution is 2.22. The zero-order chi connectivity index (χ0) is 12.4. The number of nitrogens with one attached hydrogen (secondary N) is 1. The topological polar surface area (TPSA) is 51.5 Å². The Balaban J connectivity index is 1.51. The number of ether oxygens (including phenoxy) is 1. The second kappa shape index (κ2) is 5.04. The molecule has 2 aromatic rings. The van der Waals surface area contributed by atoms with Crippen LogP contribution in [0.3, 0.4) is 0 Å². The third kappa shape index (κ3) is 2.23. The van der Waals surface area contributed by atoms with Crippen LogP contribution in [0.4, 0.5) is 0 Å². The van der Waals surface area contributed by atoms with E-state index in [-0.39, 0.29) is 0 Å². The van der Waals surface area contributed by atoms with Gasteiger partial charge in [0.1, 0.15) is 5.82 Å². The van der Waals surface area contributed by atoms with Gasteiger partial charge in [-0.15, -0.1) is 10.2 Å². The molecular formula is C13H18N4O. The van der Waals surface area contributed by atoms with Gasteiger partial charge >= 0.3 is 0 Å². The van der Waals surface area contributed by atoms with E-state index in [0.29, 0.717) is 12.1 Å². The smallest absolute Gasteiger partial charge is 0.160 e. The summed E-state index contributed by atoms with van der Waals surface area (Å²) in [5, 5.41) is 11.9. The lowest BCUT2D eigenvalue weighted by Gasteiger charge is -2.34. The molecule has 0 saturated heterocycles. The molecule has 1 N–H and O–H groups in total. The van der Waals surface area contributed by atoms with E-state index < -0.39 is 0 Å². The number of hydrogen-bond donors (Lipinski definition) is 1. The van der Waals surface area contributed by atoms with E-state index in [2.05, 4.69) is 15.5 Å². The Morgan fingerprint density at radius 1 is 1.39 bits per heavy atom. The molecule has 18 heavy (non-hydrogen) atoms. The van der Waals surface area contributed by atoms with Crippen molar-refractivity contribution in [3.8, 4) is 0 Å². The van der Waals surface area contributed by atoms with Crippen LogP contribution in [0, 0.1) is 0 Å². The summed E-state index contributed by atoms with van der Waals surface area (Å²) < 4.78 is 7.30. The van der Waals surface area contributed by atoms with E-state index in [1.165, 1.54) is 0 Å². The van der Waals surface area contributed by atoms with E-state index in [9.17, 15) is 0 Å². The largest absolute Gasteiger partial charge is 0.381 e. The van der Waals surface area contributed by atoms with Crippen molar-refractivity contribution in [2.24, 2.45) is 0 Å². The molecule has 2 aromatic heterocycles. The van der Waals surface area contributed by atoms with Gasteiger partial charge in [-0.1, -0.05) is 6.07 Å². The van der Waals surface area contributed by atoms with Gasteiger partial charge in [-0.2, -0.15) is 0 Å². The number of methoxy groups -OCH3 is 1. The van der Waals surface area contributed by atoms with Gasteiger partial charge in [0.25, 0.3) is 0 Å². The molecule has 0 atom stereocenters. The molecule has 0 unspecified atom stereocenters. The number of pyridine rings is 1. The quantitative estimate of drug-likeness (QED) is 0.856. The van der Waals surface area contributed by atoms with Crippen molar-refractivity contribution in [2.75, 3.05) is 13.7 Å². The highest BCUT2D eigenvalue weighted by molar-refractivity contribution is 5.36. The molecule has 1 aliphatic carbocycles. The Kier molecular flexibility index (Phi) is 3.25. The zero-order valence-electron chi connectivity index (χ0n) is 10.5. The van der Waals surface area contributed by atoms with Crippen molar-refractivity contribution in [3.63, 3.8) is 0 Å². The number of rotatable bonds is 5. The van der Waals surface area contributed by atoms with Crippen molar-refractivity contribution in [1.82, 2.24) is 19.9 Å². The third-order valence-corrected chi connectivity index (χ3v) is 3.59. The van der Waals surface area contributed by atoms with Crippen LogP contribution in [0.5, 0.6) is 0 Å². The molecule has 1 saturated carbocycles. The number of hydrogen-bond acceptors (Lipinski definition) is 4. The minimum absolute atomic E-state index is 0.455. The Morgan fingerprint density at radius 2 is 2.28 bits per heavy atom. The maximum absolute atomic E-state index is 5.26. The Labute approximate surface area is 106 Å². The molecule has 3 rings (SSSR count). The molecule has 0 bridgehead atoms. The van der Waals surface area contributed by atoms with Crippen LogP contribution in [0.1, 0.15) is 18.7 Å². The molecule has 5 heteroatoms. The molecule has 0 aromatic carbocycles. The third-order valence-electron chi connectivity index (χ3n) is 3.59. The maximum Gasteiger partial charge on any atom is 0.160 e. The molecular weight excluding hydrogens is 228 g/mol. The minimum Gasteiger partial charge on any atom is -0.381 e. The lowest BCUT2D eigenvalue weighted by atomic mass is 9.89. The molecule has 5 nitrogen and oxygen atoms in total. The predicted molar refractivity (Wildman–Crippen MR) is 68.5 cm³/mol. The van der Waals surface area contributed by atoms with Gasteiger partial charge in [-0.25, -0.2) is 0 Å². The molecule has 2 heterocycles. The molecule has 0 amide bonds. The maximum atomic E-state index is 5.26. The molecule has 1 aliphatic rings. The molecule has 0 aliphatic heterocycles. The van der Waals surface area contributed by atoms with Crippen LogP contribution in [-0.2, 0) is 11.2 Å². The van der Waals surface area contributed by atoms with E-state index in [1.807, 2.05) is 28.8 Å². The van der Waals surface area contributed by atoms with Gasteiger partial charge in [0.05, 0.1) is 6.10 Å². The van der Waals surface area contributed by atoms with Crippen molar-refractivity contribution >= 4 is 5.65 Å². The Hall–Kier alpha value is -1.46. The number of aromatic nitrogens is 3. The highest BCUT2D eigenvalue weighted by Gasteiger charge is 2.28. The predicted octanol–water partition coefficient (Wildman–Crippen LogP) is 1.04. The second-order valence-electron chi connectivity index (χ2n) is 4.78. The first-order valence-corrected chi connectivity index (χ1v) is 6.41. The standard InChI is InChI=1S/C13H18N4O/c1-18-11-8-10(9-11)14-6-5-13-16-15-12-4-2-3-7-17(12)13/h2-4,7,10-11,14H,5-6,8-9H2,1H3. The summed E-state index contributed by atoms with van der Waals surface area (Å²) >= 11 is 0. The summed E-state index contributed by atoms with van der Waals surface area (Å²) in [6.45, 7) is 0.941. The van der Waals surface area contributed by atoms with E-state index in [0.717, 1.165) is 37.3 Å². The van der Waals surface area contributed by atoms with Gasteiger partial charge in [-0.05, 0) is 25.0 Å². The SMILES string of the molecule is COC1CC(NCCc2nnc3ccccn23)C1. The van der Waals surface area contributed by atoms with E-state index in [1.54, 1.807) is 7.11 Å². The fourth-order valence-electron chi connectivity index (χ4n) is 2.37. The van der Waals surface area contributed by atoms with Crippen molar-refractivity contribution < 1.29 is 4.74 Å². The summed E-state index contributed by atoms with van der Waals surface area (Å²) in [5.74, 6) is 1.01. The van der Waals surface area contributed by atoms with Gasteiger partial charge in [-0.3, -0.25) is 4.40 Å². The molecule has 1 fully saturated rings. The fraction of sp³-hybridized carbons (Fsp3) is 0.538. The first kappa shape index (κ1) is 11.6. The average molecular weight is 246 g/mol. The zero-order valence-corrected chi connectivity index (χ0v) is 10.5.